The number of ether oxygens (including phenoxy) is 1. The van der Waals surface area contributed by atoms with Gasteiger partial charge in [0.25, 0.3) is 0 Å². The van der Waals surface area contributed by atoms with Crippen molar-refractivity contribution >= 4 is 26.7 Å². The number of rotatable bonds is 2. The number of hydrogen-bond acceptors (Lipinski definition) is 4. The maximum Gasteiger partial charge on any atom is 0.337 e. The third kappa shape index (κ3) is 2.89. The van der Waals surface area contributed by atoms with E-state index in [1.54, 1.807) is 24.3 Å². The Balaban J connectivity index is 1.97. The predicted molar refractivity (Wildman–Crippen MR) is 98.2 cm³/mol. The van der Waals surface area contributed by atoms with Gasteiger partial charge in [-0.3, -0.25) is 0 Å². The molecular formula is C20H13F2O4S2+. The Morgan fingerprint density at radius 3 is 1.82 bits per heavy atom. The standard InChI is InChI=1S/C20H13F2O4S2/c1-26-20(23)12-2-6-15(7-3-12)27-16-8-4-13(21)10-18(16)28(24,25)19-11-14(22)5-9-17(19)27/h2-11H,1H3/q+1. The summed E-state index contributed by atoms with van der Waals surface area (Å²) < 4.78 is 58.3. The molecule has 3 aromatic rings. The lowest BCUT2D eigenvalue weighted by molar-refractivity contribution is 0.0600. The number of benzene rings is 3. The summed E-state index contributed by atoms with van der Waals surface area (Å²) >= 11 is 0. The first-order chi connectivity index (χ1) is 13.3. The van der Waals surface area contributed by atoms with Crippen LogP contribution in [0.25, 0.3) is 0 Å². The van der Waals surface area contributed by atoms with E-state index in [0.717, 1.165) is 12.1 Å². The summed E-state index contributed by atoms with van der Waals surface area (Å²) in [5.74, 6) is -1.87. The van der Waals surface area contributed by atoms with E-state index in [-0.39, 0.29) is 9.79 Å². The fraction of sp³-hybridized carbons (Fsp3) is 0.0500. The molecule has 0 aliphatic carbocycles. The summed E-state index contributed by atoms with van der Waals surface area (Å²) in [4.78, 5) is 12.9. The number of sulfone groups is 1. The largest absolute Gasteiger partial charge is 0.465 e. The molecule has 8 heteroatoms. The molecule has 1 aliphatic heterocycles. The van der Waals surface area contributed by atoms with Crippen LogP contribution in [0.3, 0.4) is 0 Å². The van der Waals surface area contributed by atoms with E-state index in [0.29, 0.717) is 20.2 Å². The molecule has 0 radical (unpaired) electrons. The summed E-state index contributed by atoms with van der Waals surface area (Å²) in [5, 5.41) is 0. The molecule has 28 heavy (non-hydrogen) atoms. The average molecular weight is 419 g/mol. The predicted octanol–water partition coefficient (Wildman–Crippen LogP) is 3.99. The Hall–Kier alpha value is -2.71. The van der Waals surface area contributed by atoms with Crippen molar-refractivity contribution in [1.29, 1.82) is 0 Å². The minimum absolute atomic E-state index is 0.175. The second-order valence-electron chi connectivity index (χ2n) is 6.01. The molecule has 0 saturated heterocycles. The first kappa shape index (κ1) is 18.6. The quantitative estimate of drug-likeness (QED) is 0.364. The Morgan fingerprint density at radius 1 is 0.857 bits per heavy atom. The molecule has 1 heterocycles. The average Bonchev–Trinajstić information content (AvgIpc) is 2.69. The van der Waals surface area contributed by atoms with Gasteiger partial charge in [0.2, 0.25) is 9.84 Å². The van der Waals surface area contributed by atoms with Crippen molar-refractivity contribution in [3.8, 4) is 0 Å². The van der Waals surface area contributed by atoms with Crippen LogP contribution in [0.4, 0.5) is 8.78 Å². The van der Waals surface area contributed by atoms with Crippen molar-refractivity contribution in [1.82, 2.24) is 0 Å². The molecule has 0 aromatic heterocycles. The maximum absolute atomic E-state index is 13.8. The molecule has 0 saturated carbocycles. The van der Waals surface area contributed by atoms with Crippen molar-refractivity contribution < 1.29 is 26.7 Å². The molecule has 4 rings (SSSR count). The molecule has 0 amide bonds. The van der Waals surface area contributed by atoms with Crippen LogP contribution in [0.2, 0.25) is 0 Å². The van der Waals surface area contributed by atoms with Gasteiger partial charge >= 0.3 is 5.97 Å². The monoisotopic (exact) mass is 419 g/mol. The van der Waals surface area contributed by atoms with Gasteiger partial charge in [-0.1, -0.05) is 0 Å². The normalized spacial score (nSPS) is 14.8. The molecule has 0 atom stereocenters. The number of carbonyl (C=O) groups excluding carboxylic acids is 1. The van der Waals surface area contributed by atoms with Crippen molar-refractivity contribution in [3.63, 3.8) is 0 Å². The molecule has 0 spiro atoms. The van der Waals surface area contributed by atoms with Gasteiger partial charge in [-0.2, -0.15) is 0 Å². The zero-order valence-corrected chi connectivity index (χ0v) is 16.1. The summed E-state index contributed by atoms with van der Waals surface area (Å²) in [5.41, 5.74) is 0.346. The number of esters is 1. The zero-order chi connectivity index (χ0) is 20.1. The SMILES string of the molecule is COC(=O)c1ccc([S+]2c3ccc(F)cc3S(=O)(=O)c3cc(F)ccc32)cc1. The Labute approximate surface area is 163 Å². The summed E-state index contributed by atoms with van der Waals surface area (Å²) in [6, 6.07) is 13.7. The molecule has 0 bridgehead atoms. The van der Waals surface area contributed by atoms with Crippen LogP contribution in [-0.2, 0) is 25.5 Å². The highest BCUT2D eigenvalue weighted by Crippen LogP contribution is 2.45. The molecule has 3 aromatic carbocycles. The lowest BCUT2D eigenvalue weighted by atomic mass is 10.2. The van der Waals surface area contributed by atoms with Crippen LogP contribution in [0.15, 0.2) is 85.1 Å². The second-order valence-corrected chi connectivity index (χ2v) is 9.86. The first-order valence-electron chi connectivity index (χ1n) is 8.10. The van der Waals surface area contributed by atoms with Crippen LogP contribution in [0.5, 0.6) is 0 Å². The maximum atomic E-state index is 13.8. The molecule has 1 aliphatic rings. The molecule has 4 nitrogen and oxygen atoms in total. The minimum atomic E-state index is -4.06. The van der Waals surface area contributed by atoms with Crippen molar-refractivity contribution in [2.24, 2.45) is 0 Å². The van der Waals surface area contributed by atoms with E-state index in [4.69, 9.17) is 0 Å². The van der Waals surface area contributed by atoms with Crippen molar-refractivity contribution in [3.05, 3.63) is 77.9 Å². The Kier molecular flexibility index (Phi) is 4.47. The van der Waals surface area contributed by atoms with Gasteiger partial charge in [0.1, 0.15) is 32.3 Å². The highest BCUT2D eigenvalue weighted by molar-refractivity contribution is 8.00. The van der Waals surface area contributed by atoms with Gasteiger partial charge in [0.05, 0.1) is 12.7 Å². The lowest BCUT2D eigenvalue weighted by Crippen LogP contribution is -2.21. The van der Waals surface area contributed by atoms with E-state index >= 15 is 0 Å². The van der Waals surface area contributed by atoms with Gasteiger partial charge < -0.3 is 4.74 Å². The third-order valence-electron chi connectivity index (χ3n) is 4.34. The number of methoxy groups -OCH3 is 1. The second kappa shape index (κ2) is 6.72. The van der Waals surface area contributed by atoms with Crippen molar-refractivity contribution in [2.75, 3.05) is 7.11 Å². The fourth-order valence-electron chi connectivity index (χ4n) is 3.06. The summed E-state index contributed by atoms with van der Waals surface area (Å²) in [7, 11) is -3.69. The van der Waals surface area contributed by atoms with Gasteiger partial charge in [-0.25, -0.2) is 22.0 Å². The molecular weight excluding hydrogens is 406 g/mol. The topological polar surface area (TPSA) is 60.4 Å². The molecule has 0 N–H and O–H groups in total. The first-order valence-corrected chi connectivity index (χ1v) is 10.8. The smallest absolute Gasteiger partial charge is 0.337 e. The van der Waals surface area contributed by atoms with E-state index in [9.17, 15) is 22.0 Å². The number of carbonyl (C=O) groups is 1. The fourth-order valence-corrected chi connectivity index (χ4v) is 7.73. The Morgan fingerprint density at radius 2 is 1.36 bits per heavy atom. The van der Waals surface area contributed by atoms with Crippen LogP contribution in [0.1, 0.15) is 10.4 Å². The number of hydrogen-bond donors (Lipinski definition) is 0. The van der Waals surface area contributed by atoms with Crippen molar-refractivity contribution in [2.45, 2.75) is 24.5 Å². The number of halogens is 2. The third-order valence-corrected chi connectivity index (χ3v) is 8.77. The summed E-state index contributed by atoms with van der Waals surface area (Å²) in [6.07, 6.45) is 0. The van der Waals surface area contributed by atoms with E-state index < -0.39 is 38.3 Å². The van der Waals surface area contributed by atoms with Crippen LogP contribution in [0, 0.1) is 11.6 Å². The zero-order valence-electron chi connectivity index (χ0n) is 14.5. The van der Waals surface area contributed by atoms with Gasteiger partial charge in [0.15, 0.2) is 14.7 Å². The summed E-state index contributed by atoms with van der Waals surface area (Å²) in [6.45, 7) is 0. The van der Waals surface area contributed by atoms with Gasteiger partial charge in [-0.15, -0.1) is 0 Å². The van der Waals surface area contributed by atoms with E-state index in [1.165, 1.54) is 31.4 Å². The molecule has 0 unspecified atom stereocenters. The highest BCUT2D eigenvalue weighted by Gasteiger charge is 2.45. The van der Waals surface area contributed by atoms with E-state index in [1.807, 2.05) is 0 Å². The lowest BCUT2D eigenvalue weighted by Gasteiger charge is -2.19. The minimum Gasteiger partial charge on any atom is -0.465 e. The van der Waals surface area contributed by atoms with Crippen LogP contribution in [-0.4, -0.2) is 21.5 Å². The highest BCUT2D eigenvalue weighted by atomic mass is 32.2. The molecule has 142 valence electrons. The van der Waals surface area contributed by atoms with Crippen LogP contribution >= 0.6 is 0 Å². The van der Waals surface area contributed by atoms with E-state index in [2.05, 4.69) is 4.74 Å². The number of fused-ring (bicyclic) bond motifs is 2. The molecule has 0 fully saturated rings. The van der Waals surface area contributed by atoms with Crippen LogP contribution < -0.4 is 0 Å². The van der Waals surface area contributed by atoms with Gasteiger partial charge in [-0.05, 0) is 60.7 Å². The van der Waals surface area contributed by atoms with Gasteiger partial charge in [0, 0.05) is 0 Å². The Bertz CT molecular complexity index is 1150.